The van der Waals surface area contributed by atoms with Gasteiger partial charge in [-0.1, -0.05) is 25.1 Å². The summed E-state index contributed by atoms with van der Waals surface area (Å²) in [6, 6.07) is 14.9. The molecule has 0 spiro atoms. The zero-order valence-corrected chi connectivity index (χ0v) is 12.3. The van der Waals surface area contributed by atoms with Crippen LogP contribution in [0.4, 0.5) is 5.69 Å². The van der Waals surface area contributed by atoms with Gasteiger partial charge >= 0.3 is 0 Å². The molecule has 0 aliphatic heterocycles. The fourth-order valence-corrected chi connectivity index (χ4v) is 2.00. The molecule has 0 aromatic heterocycles. The Kier molecular flexibility index (Phi) is 5.35. The predicted octanol–water partition coefficient (Wildman–Crippen LogP) is 3.06. The van der Waals surface area contributed by atoms with Crippen LogP contribution in [0.25, 0.3) is 0 Å². The zero-order chi connectivity index (χ0) is 15.1. The highest BCUT2D eigenvalue weighted by Gasteiger charge is 2.07. The lowest BCUT2D eigenvalue weighted by Crippen LogP contribution is -2.14. The third kappa shape index (κ3) is 4.33. The van der Waals surface area contributed by atoms with Crippen molar-refractivity contribution in [1.29, 1.82) is 0 Å². The number of hydrogen-bond donors (Lipinski definition) is 2. The second-order valence-corrected chi connectivity index (χ2v) is 4.67. The summed E-state index contributed by atoms with van der Waals surface area (Å²) in [4.78, 5) is 12.2. The topological polar surface area (TPSA) is 50.4 Å². The second kappa shape index (κ2) is 7.45. The molecular weight excluding hydrogens is 264 g/mol. The van der Waals surface area contributed by atoms with E-state index in [1.165, 1.54) is 0 Å². The van der Waals surface area contributed by atoms with Crippen molar-refractivity contribution >= 4 is 11.6 Å². The largest absolute Gasteiger partial charge is 0.497 e. The standard InChI is InChI=1S/C17H20N2O2/c1-3-18-12-13-6-4-8-15(10-13)19-17(20)14-7-5-9-16(11-14)21-2/h4-11,18H,3,12H2,1-2H3,(H,19,20). The molecule has 2 aromatic rings. The van der Waals surface area contributed by atoms with Gasteiger partial charge < -0.3 is 15.4 Å². The van der Waals surface area contributed by atoms with E-state index < -0.39 is 0 Å². The van der Waals surface area contributed by atoms with Gasteiger partial charge in [-0.3, -0.25) is 4.79 Å². The van der Waals surface area contributed by atoms with Crippen LogP contribution in [0.1, 0.15) is 22.8 Å². The van der Waals surface area contributed by atoms with Crippen molar-refractivity contribution in [3.63, 3.8) is 0 Å². The third-order valence-corrected chi connectivity index (χ3v) is 3.10. The van der Waals surface area contributed by atoms with E-state index in [1.807, 2.05) is 30.3 Å². The molecule has 21 heavy (non-hydrogen) atoms. The minimum Gasteiger partial charge on any atom is -0.497 e. The molecule has 4 heteroatoms. The maximum absolute atomic E-state index is 12.2. The van der Waals surface area contributed by atoms with E-state index >= 15 is 0 Å². The van der Waals surface area contributed by atoms with E-state index in [2.05, 4.69) is 17.6 Å². The monoisotopic (exact) mass is 284 g/mol. The molecular formula is C17H20N2O2. The average Bonchev–Trinajstić information content (AvgIpc) is 2.53. The highest BCUT2D eigenvalue weighted by atomic mass is 16.5. The number of carbonyl (C=O) groups is 1. The first-order chi connectivity index (χ1) is 10.2. The molecule has 0 atom stereocenters. The smallest absolute Gasteiger partial charge is 0.255 e. The van der Waals surface area contributed by atoms with Crippen LogP contribution in [0, 0.1) is 0 Å². The Hall–Kier alpha value is -2.33. The fraction of sp³-hybridized carbons (Fsp3) is 0.235. The molecule has 0 aliphatic carbocycles. The third-order valence-electron chi connectivity index (χ3n) is 3.10. The van der Waals surface area contributed by atoms with Crippen LogP contribution >= 0.6 is 0 Å². The minimum absolute atomic E-state index is 0.144. The van der Waals surface area contributed by atoms with E-state index in [-0.39, 0.29) is 5.91 Å². The maximum Gasteiger partial charge on any atom is 0.255 e. The van der Waals surface area contributed by atoms with Crippen LogP contribution in [0.2, 0.25) is 0 Å². The van der Waals surface area contributed by atoms with Crippen molar-refractivity contribution in [1.82, 2.24) is 5.32 Å². The number of carbonyl (C=O) groups excluding carboxylic acids is 1. The summed E-state index contributed by atoms with van der Waals surface area (Å²) < 4.78 is 5.13. The molecule has 2 rings (SSSR count). The van der Waals surface area contributed by atoms with Gasteiger partial charge in [0.2, 0.25) is 0 Å². The number of rotatable bonds is 6. The summed E-state index contributed by atoms with van der Waals surface area (Å²) in [5.74, 6) is 0.526. The average molecular weight is 284 g/mol. The summed E-state index contributed by atoms with van der Waals surface area (Å²) in [5, 5.41) is 6.17. The molecule has 0 saturated heterocycles. The van der Waals surface area contributed by atoms with Crippen LogP contribution < -0.4 is 15.4 Å². The van der Waals surface area contributed by atoms with Crippen molar-refractivity contribution in [2.45, 2.75) is 13.5 Å². The summed E-state index contributed by atoms with van der Waals surface area (Å²) in [7, 11) is 1.58. The zero-order valence-electron chi connectivity index (χ0n) is 12.3. The SMILES string of the molecule is CCNCc1cccc(NC(=O)c2cccc(OC)c2)c1. The van der Waals surface area contributed by atoms with Crippen molar-refractivity contribution in [2.24, 2.45) is 0 Å². The van der Waals surface area contributed by atoms with Crippen molar-refractivity contribution in [3.8, 4) is 5.75 Å². The first kappa shape index (κ1) is 15.1. The Morgan fingerprint density at radius 1 is 1.14 bits per heavy atom. The van der Waals surface area contributed by atoms with Gasteiger partial charge in [-0.15, -0.1) is 0 Å². The Morgan fingerprint density at radius 3 is 2.71 bits per heavy atom. The molecule has 2 aromatic carbocycles. The van der Waals surface area contributed by atoms with Gasteiger partial charge in [-0.05, 0) is 42.4 Å². The summed E-state index contributed by atoms with van der Waals surface area (Å²) >= 11 is 0. The highest BCUT2D eigenvalue weighted by molar-refractivity contribution is 6.04. The molecule has 1 amide bonds. The lowest BCUT2D eigenvalue weighted by Gasteiger charge is -2.09. The lowest BCUT2D eigenvalue weighted by molar-refractivity contribution is 0.102. The van der Waals surface area contributed by atoms with Crippen LogP contribution in [0.3, 0.4) is 0 Å². The summed E-state index contributed by atoms with van der Waals surface area (Å²) in [5.41, 5.74) is 2.50. The van der Waals surface area contributed by atoms with Crippen LogP contribution in [0.5, 0.6) is 5.75 Å². The van der Waals surface area contributed by atoms with Gasteiger partial charge in [0, 0.05) is 17.8 Å². The molecule has 2 N–H and O–H groups in total. The van der Waals surface area contributed by atoms with E-state index in [0.717, 1.165) is 24.3 Å². The number of benzene rings is 2. The Labute approximate surface area is 125 Å². The van der Waals surface area contributed by atoms with Crippen molar-refractivity contribution in [2.75, 3.05) is 19.0 Å². The van der Waals surface area contributed by atoms with E-state index in [1.54, 1.807) is 25.3 Å². The van der Waals surface area contributed by atoms with Gasteiger partial charge in [-0.2, -0.15) is 0 Å². The number of hydrogen-bond acceptors (Lipinski definition) is 3. The Morgan fingerprint density at radius 2 is 1.95 bits per heavy atom. The number of anilines is 1. The van der Waals surface area contributed by atoms with Gasteiger partial charge in [0.25, 0.3) is 5.91 Å². The Bertz CT molecular complexity index is 611. The van der Waals surface area contributed by atoms with Gasteiger partial charge in [0.15, 0.2) is 0 Å². The fourth-order valence-electron chi connectivity index (χ4n) is 2.00. The van der Waals surface area contributed by atoms with E-state index in [9.17, 15) is 4.79 Å². The quantitative estimate of drug-likeness (QED) is 0.857. The van der Waals surface area contributed by atoms with E-state index in [4.69, 9.17) is 4.74 Å². The predicted molar refractivity (Wildman–Crippen MR) is 84.8 cm³/mol. The number of nitrogens with one attached hydrogen (secondary N) is 2. The maximum atomic E-state index is 12.2. The molecule has 0 saturated carbocycles. The number of methoxy groups -OCH3 is 1. The molecule has 0 radical (unpaired) electrons. The Balaban J connectivity index is 2.08. The molecule has 0 bridgehead atoms. The first-order valence-corrected chi connectivity index (χ1v) is 6.98. The van der Waals surface area contributed by atoms with Crippen molar-refractivity contribution in [3.05, 3.63) is 59.7 Å². The van der Waals surface area contributed by atoms with Gasteiger partial charge in [-0.25, -0.2) is 0 Å². The normalized spacial score (nSPS) is 10.2. The van der Waals surface area contributed by atoms with Crippen LogP contribution in [-0.2, 0) is 6.54 Å². The second-order valence-electron chi connectivity index (χ2n) is 4.67. The molecule has 0 fully saturated rings. The molecule has 0 aliphatic rings. The summed E-state index contributed by atoms with van der Waals surface area (Å²) in [6.07, 6.45) is 0. The molecule has 0 unspecified atom stereocenters. The lowest BCUT2D eigenvalue weighted by atomic mass is 10.1. The van der Waals surface area contributed by atoms with Gasteiger partial charge in [0.1, 0.15) is 5.75 Å². The minimum atomic E-state index is -0.144. The van der Waals surface area contributed by atoms with Crippen LogP contribution in [0.15, 0.2) is 48.5 Å². The molecule has 4 nitrogen and oxygen atoms in total. The van der Waals surface area contributed by atoms with Gasteiger partial charge in [0.05, 0.1) is 7.11 Å². The number of ether oxygens (including phenoxy) is 1. The van der Waals surface area contributed by atoms with Crippen LogP contribution in [-0.4, -0.2) is 19.6 Å². The highest BCUT2D eigenvalue weighted by Crippen LogP contribution is 2.16. The van der Waals surface area contributed by atoms with Crippen molar-refractivity contribution < 1.29 is 9.53 Å². The number of amides is 1. The molecule has 110 valence electrons. The molecule has 0 heterocycles. The summed E-state index contributed by atoms with van der Waals surface area (Å²) in [6.45, 7) is 3.77. The first-order valence-electron chi connectivity index (χ1n) is 6.98. The van der Waals surface area contributed by atoms with E-state index in [0.29, 0.717) is 11.3 Å².